The number of aryl methyl sites for hydroxylation is 1. The molecule has 1 heterocycles. The Morgan fingerprint density at radius 2 is 1.74 bits per heavy atom. The van der Waals surface area contributed by atoms with E-state index in [9.17, 15) is 8.78 Å². The van der Waals surface area contributed by atoms with Gasteiger partial charge < -0.3 is 4.57 Å². The molecule has 0 saturated carbocycles. The van der Waals surface area contributed by atoms with Gasteiger partial charge in [0.2, 0.25) is 0 Å². The van der Waals surface area contributed by atoms with Crippen LogP contribution in [0.1, 0.15) is 46.6 Å². The van der Waals surface area contributed by atoms with Gasteiger partial charge in [-0.2, -0.15) is 0 Å². The molecule has 2 rings (SSSR count). The summed E-state index contributed by atoms with van der Waals surface area (Å²) in [5.74, 6) is 1.46. The molecule has 0 aliphatic carbocycles. The Labute approximate surface area is 138 Å². The fourth-order valence-electron chi connectivity index (χ4n) is 2.33. The Bertz CT molecular complexity index is 805. The van der Waals surface area contributed by atoms with Crippen LogP contribution in [0.5, 0.6) is 0 Å². The van der Waals surface area contributed by atoms with Crippen LogP contribution in [0.25, 0.3) is 23.1 Å². The molecule has 0 unspecified atom stereocenters. The van der Waals surface area contributed by atoms with Gasteiger partial charge in [0.1, 0.15) is 5.82 Å². The van der Waals surface area contributed by atoms with Gasteiger partial charge in [0.25, 0.3) is 0 Å². The van der Waals surface area contributed by atoms with E-state index in [2.05, 4.69) is 5.92 Å². The summed E-state index contributed by atoms with van der Waals surface area (Å²) in [5, 5.41) is 2.41. The summed E-state index contributed by atoms with van der Waals surface area (Å²) in [6, 6.07) is 1.41. The van der Waals surface area contributed by atoms with E-state index >= 15 is 0 Å². The van der Waals surface area contributed by atoms with E-state index in [4.69, 9.17) is 6.42 Å². The van der Waals surface area contributed by atoms with Gasteiger partial charge in [-0.3, -0.25) is 0 Å². The van der Waals surface area contributed by atoms with Gasteiger partial charge in [-0.05, 0) is 26.8 Å². The normalized spacial score (nSPS) is 11.5. The van der Waals surface area contributed by atoms with E-state index in [0.29, 0.717) is 10.9 Å². The number of aromatic nitrogens is 1. The van der Waals surface area contributed by atoms with Gasteiger partial charge in [-0.15, -0.1) is 12.3 Å². The summed E-state index contributed by atoms with van der Waals surface area (Å²) in [7, 11) is 1.80. The molecule has 1 aromatic carbocycles. The molecular formula is C20H27F2N. The highest BCUT2D eigenvalue weighted by atomic mass is 19.1. The van der Waals surface area contributed by atoms with Gasteiger partial charge in [-0.1, -0.05) is 32.9 Å². The topological polar surface area (TPSA) is 4.93 Å². The Morgan fingerprint density at radius 3 is 2.13 bits per heavy atom. The van der Waals surface area contributed by atoms with Crippen LogP contribution >= 0.6 is 0 Å². The molecule has 0 atom stereocenters. The fraction of sp³-hybridized carbons (Fsp3) is 0.400. The van der Waals surface area contributed by atoms with E-state index < -0.39 is 11.6 Å². The average Bonchev–Trinajstić information content (AvgIpc) is 2.85. The zero-order chi connectivity index (χ0) is 18.2. The molecule has 0 spiro atoms. The van der Waals surface area contributed by atoms with Crippen LogP contribution in [0, 0.1) is 30.9 Å². The Morgan fingerprint density at radius 1 is 1.22 bits per heavy atom. The summed E-state index contributed by atoms with van der Waals surface area (Å²) >= 11 is 0. The highest BCUT2D eigenvalue weighted by Gasteiger charge is 2.14. The first-order valence-electron chi connectivity index (χ1n) is 7.93. The van der Waals surface area contributed by atoms with Crippen LogP contribution in [0.2, 0.25) is 0 Å². The van der Waals surface area contributed by atoms with E-state index in [0.717, 1.165) is 17.0 Å². The Hall–Kier alpha value is -2.08. The minimum absolute atomic E-state index is 0.0726. The molecule has 0 N–H and O–H groups in total. The third-order valence-corrected chi connectivity index (χ3v) is 3.45. The minimum atomic E-state index is -0.494. The maximum absolute atomic E-state index is 14.1. The third kappa shape index (κ3) is 4.22. The summed E-state index contributed by atoms with van der Waals surface area (Å²) in [6.45, 7) is 11.2. The summed E-state index contributed by atoms with van der Waals surface area (Å²) < 4.78 is 29.5. The lowest BCUT2D eigenvalue weighted by molar-refractivity contribution is 0.573. The quantitative estimate of drug-likeness (QED) is 0.633. The molecular weight excluding hydrogens is 292 g/mol. The summed E-state index contributed by atoms with van der Waals surface area (Å²) in [4.78, 5) is 0. The number of halogens is 2. The van der Waals surface area contributed by atoms with Gasteiger partial charge in [-0.25, -0.2) is 8.78 Å². The van der Waals surface area contributed by atoms with Crippen molar-refractivity contribution >= 4 is 23.1 Å². The highest BCUT2D eigenvalue weighted by Crippen LogP contribution is 2.20. The maximum atomic E-state index is 14.1. The van der Waals surface area contributed by atoms with Gasteiger partial charge in [0.05, 0.1) is 5.52 Å². The fourth-order valence-corrected chi connectivity index (χ4v) is 2.33. The molecule has 0 amide bonds. The minimum Gasteiger partial charge on any atom is -0.341 e. The maximum Gasteiger partial charge on any atom is 0.153 e. The molecule has 3 heteroatoms. The SMILES string of the molecule is C#CCC.C/C=c1\c(=C/C)n(C)c2c(F)c(C)c(F)cc12.CC. The molecule has 0 aliphatic rings. The lowest BCUT2D eigenvalue weighted by atomic mass is 10.1. The Kier molecular flexibility index (Phi) is 8.95. The van der Waals surface area contributed by atoms with Crippen molar-refractivity contribution in [2.45, 2.75) is 48.0 Å². The van der Waals surface area contributed by atoms with Crippen molar-refractivity contribution in [2.75, 3.05) is 0 Å². The molecule has 1 nitrogen and oxygen atoms in total. The molecule has 0 radical (unpaired) electrons. The second-order valence-electron chi connectivity index (χ2n) is 4.69. The van der Waals surface area contributed by atoms with Crippen LogP contribution in [0.15, 0.2) is 6.07 Å². The number of terminal acetylenes is 1. The largest absolute Gasteiger partial charge is 0.341 e. The van der Waals surface area contributed by atoms with Crippen molar-refractivity contribution < 1.29 is 8.78 Å². The number of nitrogens with zero attached hydrogens (tertiary/aromatic N) is 1. The average molecular weight is 319 g/mol. The second-order valence-corrected chi connectivity index (χ2v) is 4.69. The molecule has 0 fully saturated rings. The number of fused-ring (bicyclic) bond motifs is 1. The van der Waals surface area contributed by atoms with Gasteiger partial charge in [0, 0.05) is 35.0 Å². The van der Waals surface area contributed by atoms with E-state index in [1.54, 1.807) is 11.6 Å². The van der Waals surface area contributed by atoms with Gasteiger partial charge in [0.15, 0.2) is 5.82 Å². The molecule has 2 aromatic rings. The number of hydrogen-bond donors (Lipinski definition) is 0. The molecule has 23 heavy (non-hydrogen) atoms. The summed E-state index contributed by atoms with van der Waals surface area (Å²) in [5.41, 5.74) is 0.536. The van der Waals surface area contributed by atoms with Crippen molar-refractivity contribution in [2.24, 2.45) is 7.05 Å². The molecule has 1 aromatic heterocycles. The molecule has 0 saturated heterocycles. The lowest BCUT2D eigenvalue weighted by Gasteiger charge is -2.03. The van der Waals surface area contributed by atoms with E-state index in [1.165, 1.54) is 13.0 Å². The first-order chi connectivity index (χ1) is 10.9. The second kappa shape index (κ2) is 9.84. The lowest BCUT2D eigenvalue weighted by Crippen LogP contribution is -2.26. The first-order valence-corrected chi connectivity index (χ1v) is 7.93. The zero-order valence-corrected chi connectivity index (χ0v) is 15.2. The third-order valence-electron chi connectivity index (χ3n) is 3.45. The summed E-state index contributed by atoms with van der Waals surface area (Å²) in [6.07, 6.45) is 9.41. The van der Waals surface area contributed by atoms with Crippen molar-refractivity contribution in [3.8, 4) is 12.3 Å². The van der Waals surface area contributed by atoms with Crippen molar-refractivity contribution in [1.29, 1.82) is 0 Å². The standard InChI is InChI=1S/C14H15F2N.C4H6.C2H6/c1-5-9-10-7-11(15)8(3)13(16)14(10)17(4)12(9)6-2;1-3-4-2;1-2/h5-7H,1-4H3;1H,4H2,2H3;1-2H3/b9-5-,12-6+;;. The van der Waals surface area contributed by atoms with Crippen LogP contribution in [0.3, 0.4) is 0 Å². The van der Waals surface area contributed by atoms with Crippen LogP contribution < -0.4 is 10.6 Å². The predicted molar refractivity (Wildman–Crippen MR) is 97.6 cm³/mol. The smallest absolute Gasteiger partial charge is 0.153 e. The Balaban J connectivity index is 0.000000705. The van der Waals surface area contributed by atoms with Crippen LogP contribution in [0.4, 0.5) is 8.78 Å². The molecule has 0 aliphatic heterocycles. The van der Waals surface area contributed by atoms with Crippen LogP contribution in [-0.4, -0.2) is 4.57 Å². The van der Waals surface area contributed by atoms with E-state index in [1.807, 2.05) is 46.8 Å². The molecule has 126 valence electrons. The monoisotopic (exact) mass is 319 g/mol. The number of rotatable bonds is 0. The highest BCUT2D eigenvalue weighted by molar-refractivity contribution is 5.83. The zero-order valence-electron chi connectivity index (χ0n) is 15.2. The van der Waals surface area contributed by atoms with Gasteiger partial charge >= 0.3 is 0 Å². The molecule has 0 bridgehead atoms. The predicted octanol–water partition coefficient (Wildman–Crippen LogP) is 4.42. The number of hydrogen-bond acceptors (Lipinski definition) is 0. The van der Waals surface area contributed by atoms with Crippen LogP contribution in [-0.2, 0) is 7.05 Å². The van der Waals surface area contributed by atoms with Crippen molar-refractivity contribution in [3.63, 3.8) is 0 Å². The number of benzene rings is 1. The van der Waals surface area contributed by atoms with E-state index in [-0.39, 0.29) is 5.56 Å². The van der Waals surface area contributed by atoms with Crippen molar-refractivity contribution in [3.05, 3.63) is 33.8 Å². The first kappa shape index (κ1) is 20.9. The van der Waals surface area contributed by atoms with Crippen molar-refractivity contribution in [1.82, 2.24) is 4.57 Å².